The van der Waals surface area contributed by atoms with E-state index in [1.54, 1.807) is 0 Å². The molecule has 0 amide bonds. The van der Waals surface area contributed by atoms with Crippen LogP contribution >= 0.6 is 11.8 Å². The molecule has 1 heterocycles. The van der Waals surface area contributed by atoms with E-state index in [9.17, 15) is 4.79 Å². The second-order valence-electron chi connectivity index (χ2n) is 5.57. The Bertz CT molecular complexity index is 461. The minimum atomic E-state index is -0.808. The van der Waals surface area contributed by atoms with Crippen LogP contribution < -0.4 is 0 Å². The highest BCUT2D eigenvalue weighted by atomic mass is 32.2. The molecule has 1 aliphatic carbocycles. The van der Waals surface area contributed by atoms with Gasteiger partial charge in [0, 0.05) is 12.5 Å². The molecule has 1 aromatic rings. The van der Waals surface area contributed by atoms with Crippen LogP contribution in [0.5, 0.6) is 0 Å². The van der Waals surface area contributed by atoms with Crippen molar-refractivity contribution in [1.82, 2.24) is 14.8 Å². The number of rotatable bonds is 5. The lowest BCUT2D eigenvalue weighted by atomic mass is 10.0. The highest BCUT2D eigenvalue weighted by molar-refractivity contribution is 7.99. The highest BCUT2D eigenvalue weighted by Gasteiger charge is 2.23. The minimum Gasteiger partial charge on any atom is -0.481 e. The third-order valence-corrected chi connectivity index (χ3v) is 4.90. The van der Waals surface area contributed by atoms with Crippen LogP contribution in [0, 0.1) is 5.92 Å². The first-order valence-corrected chi connectivity index (χ1v) is 8.38. The van der Waals surface area contributed by atoms with Crippen LogP contribution in [0.15, 0.2) is 5.16 Å². The summed E-state index contributed by atoms with van der Waals surface area (Å²) >= 11 is 1.28. The first-order valence-electron chi connectivity index (χ1n) is 7.40. The molecule has 0 radical (unpaired) electrons. The predicted octanol–water partition coefficient (Wildman–Crippen LogP) is 3.16. The van der Waals surface area contributed by atoms with Gasteiger partial charge in [-0.3, -0.25) is 4.79 Å². The molecule has 2 atom stereocenters. The number of aromatic nitrogens is 3. The zero-order valence-electron chi connectivity index (χ0n) is 12.2. The molecule has 2 rings (SSSR count). The van der Waals surface area contributed by atoms with Gasteiger partial charge < -0.3 is 9.67 Å². The quantitative estimate of drug-likeness (QED) is 0.668. The van der Waals surface area contributed by atoms with Crippen molar-refractivity contribution in [2.75, 3.05) is 5.75 Å². The Morgan fingerprint density at radius 1 is 1.35 bits per heavy atom. The molecule has 0 spiro atoms. The monoisotopic (exact) mass is 297 g/mol. The molecule has 5 nitrogen and oxygen atoms in total. The van der Waals surface area contributed by atoms with Crippen LogP contribution in [0.4, 0.5) is 0 Å². The highest BCUT2D eigenvalue weighted by Crippen LogP contribution is 2.33. The second-order valence-corrected chi connectivity index (χ2v) is 6.51. The number of aliphatic carboxylic acids is 1. The van der Waals surface area contributed by atoms with E-state index in [0.29, 0.717) is 6.04 Å². The molecule has 1 aromatic heterocycles. The summed E-state index contributed by atoms with van der Waals surface area (Å²) < 4.78 is 2.20. The molecular formula is C14H23N3O2S. The molecule has 1 saturated carbocycles. The Kier molecular flexibility index (Phi) is 5.46. The van der Waals surface area contributed by atoms with Crippen molar-refractivity contribution in [1.29, 1.82) is 0 Å². The number of nitrogens with zero attached hydrogens (tertiary/aromatic N) is 3. The normalized spacial score (nSPS) is 23.5. The molecule has 20 heavy (non-hydrogen) atoms. The van der Waals surface area contributed by atoms with Crippen LogP contribution in [0.3, 0.4) is 0 Å². The van der Waals surface area contributed by atoms with Gasteiger partial charge in [0.05, 0.1) is 5.75 Å². The van der Waals surface area contributed by atoms with Gasteiger partial charge in [0.2, 0.25) is 0 Å². The van der Waals surface area contributed by atoms with E-state index in [4.69, 9.17) is 5.11 Å². The van der Waals surface area contributed by atoms with E-state index in [0.717, 1.165) is 36.2 Å². The Morgan fingerprint density at radius 3 is 2.85 bits per heavy atom. The first-order chi connectivity index (χ1) is 9.61. The number of carboxylic acids is 1. The van der Waals surface area contributed by atoms with Gasteiger partial charge in [0.15, 0.2) is 5.16 Å². The maximum absolute atomic E-state index is 10.8. The summed E-state index contributed by atoms with van der Waals surface area (Å²) in [6.07, 6.45) is 6.89. The van der Waals surface area contributed by atoms with Gasteiger partial charge in [-0.1, -0.05) is 38.5 Å². The lowest BCUT2D eigenvalue weighted by molar-refractivity contribution is -0.133. The van der Waals surface area contributed by atoms with Crippen molar-refractivity contribution in [3.63, 3.8) is 0 Å². The lowest BCUT2D eigenvalue weighted by Gasteiger charge is -2.20. The average Bonchev–Trinajstić information content (AvgIpc) is 2.71. The molecule has 0 bridgehead atoms. The number of hydrogen-bond donors (Lipinski definition) is 1. The minimum absolute atomic E-state index is 0.0466. The van der Waals surface area contributed by atoms with Crippen molar-refractivity contribution in [3.8, 4) is 0 Å². The third-order valence-electron chi connectivity index (χ3n) is 3.97. The van der Waals surface area contributed by atoms with Crippen LogP contribution in [-0.2, 0) is 11.2 Å². The van der Waals surface area contributed by atoms with Crippen molar-refractivity contribution < 1.29 is 9.90 Å². The molecule has 1 aliphatic rings. The number of thioether (sulfide) groups is 1. The molecule has 0 saturated heterocycles. The summed E-state index contributed by atoms with van der Waals surface area (Å²) in [5.74, 6) is 1.01. The molecule has 1 N–H and O–H groups in total. The van der Waals surface area contributed by atoms with E-state index in [2.05, 4.69) is 28.6 Å². The summed E-state index contributed by atoms with van der Waals surface area (Å²) in [5, 5.41) is 18.0. The van der Waals surface area contributed by atoms with Crippen LogP contribution in [0.1, 0.15) is 57.8 Å². The third kappa shape index (κ3) is 3.75. The fraction of sp³-hybridized carbons (Fsp3) is 0.786. The maximum Gasteiger partial charge on any atom is 0.313 e. The summed E-state index contributed by atoms with van der Waals surface area (Å²) in [7, 11) is 0. The Morgan fingerprint density at radius 2 is 2.15 bits per heavy atom. The topological polar surface area (TPSA) is 68.0 Å². The summed E-state index contributed by atoms with van der Waals surface area (Å²) in [6, 6.07) is 0.432. The molecule has 1 fully saturated rings. The summed E-state index contributed by atoms with van der Waals surface area (Å²) in [4.78, 5) is 10.8. The maximum atomic E-state index is 10.8. The largest absolute Gasteiger partial charge is 0.481 e. The second kappa shape index (κ2) is 7.11. The standard InChI is InChI=1S/C14H23N3O2S/c1-3-12-15-16-14(20-9-13(18)19)17(12)11-6-4-5-10(2)7-8-11/h10-11H,3-9H2,1-2H3,(H,18,19). The van der Waals surface area contributed by atoms with E-state index in [1.165, 1.54) is 31.0 Å². The summed E-state index contributed by atoms with van der Waals surface area (Å²) in [5.41, 5.74) is 0. The molecule has 112 valence electrons. The molecular weight excluding hydrogens is 274 g/mol. The molecule has 0 aromatic carbocycles. The number of carbonyl (C=O) groups is 1. The van der Waals surface area contributed by atoms with Gasteiger partial charge in [0.25, 0.3) is 0 Å². The van der Waals surface area contributed by atoms with Gasteiger partial charge in [-0.15, -0.1) is 10.2 Å². The van der Waals surface area contributed by atoms with Crippen molar-refractivity contribution in [2.45, 2.75) is 63.6 Å². The zero-order valence-corrected chi connectivity index (χ0v) is 13.0. The smallest absolute Gasteiger partial charge is 0.313 e. The Labute approximate surface area is 124 Å². The van der Waals surface area contributed by atoms with Crippen LogP contribution in [0.2, 0.25) is 0 Å². The van der Waals surface area contributed by atoms with Gasteiger partial charge in [-0.2, -0.15) is 0 Å². The first kappa shape index (κ1) is 15.4. The molecule has 0 aliphatic heterocycles. The van der Waals surface area contributed by atoms with E-state index >= 15 is 0 Å². The fourth-order valence-electron chi connectivity index (χ4n) is 2.87. The van der Waals surface area contributed by atoms with Crippen LogP contribution in [-0.4, -0.2) is 31.6 Å². The van der Waals surface area contributed by atoms with Gasteiger partial charge >= 0.3 is 5.97 Å². The number of aryl methyl sites for hydroxylation is 1. The number of hydrogen-bond acceptors (Lipinski definition) is 4. The van der Waals surface area contributed by atoms with Crippen molar-refractivity contribution >= 4 is 17.7 Å². The number of carboxylic acid groups (broad SMARTS) is 1. The van der Waals surface area contributed by atoms with Gasteiger partial charge in [-0.25, -0.2) is 0 Å². The molecule has 6 heteroatoms. The summed E-state index contributed by atoms with van der Waals surface area (Å²) in [6.45, 7) is 4.39. The predicted molar refractivity (Wildman–Crippen MR) is 79.0 cm³/mol. The van der Waals surface area contributed by atoms with Crippen molar-refractivity contribution in [3.05, 3.63) is 5.82 Å². The SMILES string of the molecule is CCc1nnc(SCC(=O)O)n1C1CCCC(C)CC1. The fourth-order valence-corrected chi connectivity index (χ4v) is 3.61. The van der Waals surface area contributed by atoms with E-state index in [1.807, 2.05) is 0 Å². The lowest BCUT2D eigenvalue weighted by Crippen LogP contribution is -2.13. The van der Waals surface area contributed by atoms with Crippen molar-refractivity contribution in [2.24, 2.45) is 5.92 Å². The van der Waals surface area contributed by atoms with E-state index in [-0.39, 0.29) is 5.75 Å². The average molecular weight is 297 g/mol. The zero-order chi connectivity index (χ0) is 14.5. The Balaban J connectivity index is 2.18. The van der Waals surface area contributed by atoms with Gasteiger partial charge in [-0.05, 0) is 25.2 Å². The van der Waals surface area contributed by atoms with Gasteiger partial charge in [0.1, 0.15) is 5.82 Å². The van der Waals surface area contributed by atoms with E-state index < -0.39 is 5.97 Å². The Hall–Kier alpha value is -1.04. The molecule has 2 unspecified atom stereocenters. The van der Waals surface area contributed by atoms with Crippen LogP contribution in [0.25, 0.3) is 0 Å².